The summed E-state index contributed by atoms with van der Waals surface area (Å²) in [5.41, 5.74) is 15.1. The van der Waals surface area contributed by atoms with Crippen LogP contribution in [-0.2, 0) is 32.0 Å². The first-order chi connectivity index (χ1) is 17.5. The molecule has 0 atom stereocenters. The summed E-state index contributed by atoms with van der Waals surface area (Å²) in [4.78, 5) is 0. The van der Waals surface area contributed by atoms with Crippen molar-refractivity contribution in [1.29, 1.82) is 0 Å². The van der Waals surface area contributed by atoms with Crippen LogP contribution in [0.2, 0.25) is 0 Å². The van der Waals surface area contributed by atoms with Crippen molar-refractivity contribution in [2.75, 3.05) is 0 Å². The Balaban J connectivity index is 2.04. The summed E-state index contributed by atoms with van der Waals surface area (Å²) in [6, 6.07) is 13.8. The molecule has 0 saturated heterocycles. The fourth-order valence-electron chi connectivity index (χ4n) is 4.35. The smallest absolute Gasteiger partial charge is 0.0289 e. The van der Waals surface area contributed by atoms with Gasteiger partial charge < -0.3 is 0 Å². The molecule has 0 saturated carbocycles. The summed E-state index contributed by atoms with van der Waals surface area (Å²) in [5, 5.41) is 4.85. The fourth-order valence-corrected chi connectivity index (χ4v) is 7.27. The lowest BCUT2D eigenvalue weighted by molar-refractivity contribution is 1.31. The molecule has 1 aliphatic rings. The van der Waals surface area contributed by atoms with E-state index < -0.39 is 0 Å². The minimum atomic E-state index is 0.809. The molecule has 1 aliphatic carbocycles. The fraction of sp³-hybridized carbons (Fsp3) is 0.200. The van der Waals surface area contributed by atoms with Gasteiger partial charge in [-0.2, -0.15) is 0 Å². The van der Waals surface area contributed by atoms with Crippen LogP contribution in [0.25, 0.3) is 36.5 Å². The third-order valence-electron chi connectivity index (χ3n) is 6.39. The number of alkyl halides is 6. The van der Waals surface area contributed by atoms with Crippen LogP contribution in [0.1, 0.15) is 66.8 Å². The molecule has 0 nitrogen and oxygen atoms in total. The van der Waals surface area contributed by atoms with Crippen molar-refractivity contribution in [2.45, 2.75) is 32.0 Å². The van der Waals surface area contributed by atoms with E-state index in [2.05, 4.69) is 168 Å². The van der Waals surface area contributed by atoms with Crippen LogP contribution >= 0.6 is 95.6 Å². The first kappa shape index (κ1) is 28.8. The summed E-state index contributed by atoms with van der Waals surface area (Å²) in [6.45, 7) is 0. The molecule has 0 radical (unpaired) electrons. The minimum absolute atomic E-state index is 0.809. The summed E-state index contributed by atoms with van der Waals surface area (Å²) < 4.78 is 0. The molecule has 0 spiro atoms. The molecule has 3 aromatic carbocycles. The second-order valence-corrected chi connectivity index (χ2v) is 11.9. The quantitative estimate of drug-likeness (QED) is 0.169. The van der Waals surface area contributed by atoms with Crippen molar-refractivity contribution < 1.29 is 0 Å². The van der Waals surface area contributed by atoms with Crippen LogP contribution < -0.4 is 0 Å². The van der Waals surface area contributed by atoms with Gasteiger partial charge in [0.15, 0.2) is 0 Å². The second kappa shape index (κ2) is 13.7. The average molecular weight is 864 g/mol. The van der Waals surface area contributed by atoms with Crippen molar-refractivity contribution in [1.82, 2.24) is 0 Å². The lowest BCUT2D eigenvalue weighted by atomic mass is 9.96. The Kier molecular flexibility index (Phi) is 11.0. The van der Waals surface area contributed by atoms with E-state index in [9.17, 15) is 0 Å². The Morgan fingerprint density at radius 2 is 0.444 bits per heavy atom. The number of benzene rings is 3. The van der Waals surface area contributed by atoms with Crippen LogP contribution in [0.15, 0.2) is 36.4 Å². The van der Waals surface area contributed by atoms with Crippen LogP contribution in [0.5, 0.6) is 0 Å². The molecule has 0 N–H and O–H groups in total. The number of hydrogen-bond donors (Lipinski definition) is 0. The van der Waals surface area contributed by atoms with Gasteiger partial charge >= 0.3 is 0 Å². The first-order valence-corrected chi connectivity index (χ1v) is 18.1. The third-order valence-corrected chi connectivity index (χ3v) is 10.0. The van der Waals surface area contributed by atoms with Gasteiger partial charge in [-0.15, -0.1) is 0 Å². The lowest BCUT2D eigenvalue weighted by Crippen LogP contribution is -1.94. The maximum Gasteiger partial charge on any atom is 0.0289 e. The highest BCUT2D eigenvalue weighted by Gasteiger charge is 2.11. The van der Waals surface area contributed by atoms with E-state index in [1.165, 1.54) is 66.8 Å². The predicted octanol–water partition coefficient (Wildman–Crippen LogP) is 11.9. The van der Waals surface area contributed by atoms with Gasteiger partial charge in [-0.25, -0.2) is 0 Å². The maximum absolute atomic E-state index is 3.71. The van der Waals surface area contributed by atoms with Crippen molar-refractivity contribution in [3.05, 3.63) is 103 Å². The molecule has 0 fully saturated rings. The van der Waals surface area contributed by atoms with Gasteiger partial charge in [-0.1, -0.05) is 150 Å². The van der Waals surface area contributed by atoms with Gasteiger partial charge in [0.25, 0.3) is 0 Å². The summed E-state index contributed by atoms with van der Waals surface area (Å²) in [5.74, 6) is 0. The Hall–Kier alpha value is -0.240. The number of rotatable bonds is 6. The topological polar surface area (TPSA) is 0 Å². The molecule has 3 aromatic rings. The zero-order valence-electron chi connectivity index (χ0n) is 19.4. The van der Waals surface area contributed by atoms with Crippen LogP contribution in [0.4, 0.5) is 0 Å². The number of fused-ring (bicyclic) bond motifs is 6. The van der Waals surface area contributed by atoms with Crippen molar-refractivity contribution in [2.24, 2.45) is 0 Å². The molecule has 36 heavy (non-hydrogen) atoms. The van der Waals surface area contributed by atoms with Crippen LogP contribution in [0, 0.1) is 0 Å². The highest BCUT2D eigenvalue weighted by molar-refractivity contribution is 9.09. The molecule has 0 aromatic heterocycles. The molecule has 0 heterocycles. The molecule has 6 heteroatoms. The molecular formula is C30H24Br6. The summed E-state index contributed by atoms with van der Waals surface area (Å²) in [6.07, 6.45) is 13.5. The van der Waals surface area contributed by atoms with Gasteiger partial charge in [0.1, 0.15) is 0 Å². The van der Waals surface area contributed by atoms with E-state index in [1.54, 1.807) is 0 Å². The summed E-state index contributed by atoms with van der Waals surface area (Å²) in [7, 11) is 0. The molecule has 6 bridgehead atoms. The molecule has 4 rings (SSSR count). The Labute approximate surface area is 264 Å². The van der Waals surface area contributed by atoms with Gasteiger partial charge in [0.05, 0.1) is 0 Å². The third kappa shape index (κ3) is 6.48. The Morgan fingerprint density at radius 1 is 0.278 bits per heavy atom. The number of hydrogen-bond acceptors (Lipinski definition) is 0. The normalized spacial score (nSPS) is 15.2. The second-order valence-electron chi connectivity index (χ2n) is 8.55. The molecule has 0 amide bonds. The standard InChI is InChI=1S/C30H24Br6/c31-13-25-10-27(15-33)21-3-4-23-9-24(30(18-36)12-29(23)17-35)6-5-22-8-20(2-1-19(25)7-21)26(14-32)11-28(22)16-34/h1-12H,13-18H2/b2-1-,4-3-,6-5-. The van der Waals surface area contributed by atoms with E-state index in [0.717, 1.165) is 32.0 Å². The van der Waals surface area contributed by atoms with E-state index in [0.29, 0.717) is 0 Å². The largest absolute Gasteiger partial charge is 0.0876 e. The predicted molar refractivity (Wildman–Crippen MR) is 182 cm³/mol. The Bertz CT molecular complexity index is 1100. The molecule has 0 unspecified atom stereocenters. The first-order valence-electron chi connectivity index (χ1n) is 11.4. The summed E-state index contributed by atoms with van der Waals surface area (Å²) >= 11 is 22.3. The van der Waals surface area contributed by atoms with Gasteiger partial charge in [-0.05, 0) is 85.0 Å². The highest BCUT2D eigenvalue weighted by atomic mass is 79.9. The monoisotopic (exact) mass is 858 g/mol. The van der Waals surface area contributed by atoms with Crippen LogP contribution in [-0.4, -0.2) is 0 Å². The van der Waals surface area contributed by atoms with Crippen LogP contribution in [0.3, 0.4) is 0 Å². The number of halogens is 6. The van der Waals surface area contributed by atoms with E-state index in [-0.39, 0.29) is 0 Å². The molecule has 186 valence electrons. The lowest BCUT2D eigenvalue weighted by Gasteiger charge is -2.12. The van der Waals surface area contributed by atoms with Gasteiger partial charge in [0, 0.05) is 32.0 Å². The van der Waals surface area contributed by atoms with Gasteiger partial charge in [-0.3, -0.25) is 0 Å². The molecule has 0 aliphatic heterocycles. The van der Waals surface area contributed by atoms with Crippen molar-refractivity contribution >= 4 is 132 Å². The SMILES string of the molecule is BrCc1cc(CBr)c2cc1/C=C\c1cc(c(CBr)cc1CBr)/C=C\c1cc(c(CBr)cc1CBr)/C=C\2. The Morgan fingerprint density at radius 3 is 0.583 bits per heavy atom. The highest BCUT2D eigenvalue weighted by Crippen LogP contribution is 2.31. The van der Waals surface area contributed by atoms with E-state index >= 15 is 0 Å². The minimum Gasteiger partial charge on any atom is -0.0876 e. The van der Waals surface area contributed by atoms with Gasteiger partial charge in [0.2, 0.25) is 0 Å². The zero-order chi connectivity index (χ0) is 25.7. The maximum atomic E-state index is 3.71. The zero-order valence-corrected chi connectivity index (χ0v) is 29.0. The molecular weight excluding hydrogens is 840 g/mol. The average Bonchev–Trinajstić information content (AvgIpc) is 2.92. The van der Waals surface area contributed by atoms with Crippen molar-refractivity contribution in [3.63, 3.8) is 0 Å². The van der Waals surface area contributed by atoms with E-state index in [4.69, 9.17) is 0 Å². The van der Waals surface area contributed by atoms with Crippen molar-refractivity contribution in [3.8, 4) is 0 Å². The van der Waals surface area contributed by atoms with E-state index in [1.807, 2.05) is 0 Å².